The van der Waals surface area contributed by atoms with Gasteiger partial charge in [-0.2, -0.15) is 0 Å². The Labute approximate surface area is 129 Å². The molecule has 2 saturated heterocycles. The zero-order valence-electron chi connectivity index (χ0n) is 12.6. The third-order valence-corrected chi connectivity index (χ3v) is 4.44. The van der Waals surface area contributed by atoms with Crippen molar-refractivity contribution in [3.05, 3.63) is 0 Å². The zero-order chi connectivity index (χ0) is 13.5. The van der Waals surface area contributed by atoms with Gasteiger partial charge in [0.15, 0.2) is 0 Å². The van der Waals surface area contributed by atoms with Crippen LogP contribution >= 0.6 is 12.4 Å². The first kappa shape index (κ1) is 17.7. The highest BCUT2D eigenvalue weighted by atomic mass is 35.5. The third-order valence-electron chi connectivity index (χ3n) is 4.44. The summed E-state index contributed by atoms with van der Waals surface area (Å²) in [7, 11) is 1.97. The molecule has 4 nitrogen and oxygen atoms in total. The third kappa shape index (κ3) is 5.58. The lowest BCUT2D eigenvalue weighted by Crippen LogP contribution is -2.38. The number of nitrogens with zero attached hydrogens (tertiary/aromatic N) is 1. The molecule has 2 heterocycles. The summed E-state index contributed by atoms with van der Waals surface area (Å²) in [5.41, 5.74) is 0. The lowest BCUT2D eigenvalue weighted by Gasteiger charge is -2.28. The molecule has 0 aromatic heterocycles. The highest BCUT2D eigenvalue weighted by Crippen LogP contribution is 2.19. The van der Waals surface area contributed by atoms with E-state index in [0.717, 1.165) is 45.4 Å². The molecule has 1 amide bonds. The average Bonchev–Trinajstić information content (AvgIpc) is 2.74. The molecule has 118 valence electrons. The minimum Gasteiger partial charge on any atom is -0.378 e. The van der Waals surface area contributed by atoms with Gasteiger partial charge in [0, 0.05) is 26.1 Å². The van der Waals surface area contributed by atoms with Gasteiger partial charge in [0.2, 0.25) is 5.91 Å². The molecule has 0 spiro atoms. The van der Waals surface area contributed by atoms with E-state index in [2.05, 4.69) is 5.32 Å². The fourth-order valence-corrected chi connectivity index (χ4v) is 3.09. The lowest BCUT2D eigenvalue weighted by molar-refractivity contribution is -0.133. The van der Waals surface area contributed by atoms with Crippen LogP contribution in [0.15, 0.2) is 0 Å². The number of ether oxygens (including phenoxy) is 1. The number of carbonyl (C=O) groups excluding carboxylic acids is 1. The topological polar surface area (TPSA) is 41.6 Å². The van der Waals surface area contributed by atoms with Crippen molar-refractivity contribution in [2.75, 3.05) is 26.7 Å². The Kier molecular flexibility index (Phi) is 8.50. The van der Waals surface area contributed by atoms with E-state index in [1.54, 1.807) is 0 Å². The van der Waals surface area contributed by atoms with Gasteiger partial charge >= 0.3 is 0 Å². The van der Waals surface area contributed by atoms with Gasteiger partial charge in [-0.05, 0) is 58.0 Å². The van der Waals surface area contributed by atoms with Crippen LogP contribution in [0.25, 0.3) is 0 Å². The Morgan fingerprint density at radius 2 is 2.05 bits per heavy atom. The largest absolute Gasteiger partial charge is 0.378 e. The van der Waals surface area contributed by atoms with Crippen LogP contribution in [0, 0.1) is 0 Å². The zero-order valence-corrected chi connectivity index (χ0v) is 13.4. The first-order chi connectivity index (χ1) is 9.27. The van der Waals surface area contributed by atoms with Gasteiger partial charge in [-0.3, -0.25) is 4.79 Å². The first-order valence-corrected chi connectivity index (χ1v) is 7.85. The molecule has 1 N–H and O–H groups in total. The van der Waals surface area contributed by atoms with Gasteiger partial charge in [0.25, 0.3) is 0 Å². The number of nitrogens with one attached hydrogen (secondary N) is 1. The van der Waals surface area contributed by atoms with Crippen LogP contribution < -0.4 is 5.32 Å². The van der Waals surface area contributed by atoms with Gasteiger partial charge < -0.3 is 15.0 Å². The normalized spacial score (nSPS) is 27.2. The number of carbonyl (C=O) groups is 1. The van der Waals surface area contributed by atoms with Crippen molar-refractivity contribution in [3.8, 4) is 0 Å². The van der Waals surface area contributed by atoms with E-state index in [1.807, 2.05) is 11.9 Å². The molecule has 0 saturated carbocycles. The Morgan fingerprint density at radius 3 is 2.80 bits per heavy atom. The predicted octanol–water partition coefficient (Wildman–Crippen LogP) is 2.36. The lowest BCUT2D eigenvalue weighted by atomic mass is 10.0. The minimum atomic E-state index is 0. The van der Waals surface area contributed by atoms with Crippen LogP contribution in [0.1, 0.15) is 51.4 Å². The van der Waals surface area contributed by atoms with Crippen molar-refractivity contribution in [2.24, 2.45) is 0 Å². The molecule has 20 heavy (non-hydrogen) atoms. The summed E-state index contributed by atoms with van der Waals surface area (Å²) in [5, 5.41) is 3.40. The average molecular weight is 305 g/mol. The van der Waals surface area contributed by atoms with Gasteiger partial charge in [0.1, 0.15) is 0 Å². The van der Waals surface area contributed by atoms with Gasteiger partial charge in [-0.15, -0.1) is 12.4 Å². The van der Waals surface area contributed by atoms with Crippen LogP contribution in [-0.2, 0) is 9.53 Å². The standard InChI is InChI=1S/C15H28N2O2.ClH/c1-17(13-5-4-10-16-11-9-13)15(18)8-7-14-6-2-3-12-19-14;/h13-14,16H,2-12H2,1H3;1H. The fourth-order valence-electron chi connectivity index (χ4n) is 3.09. The van der Waals surface area contributed by atoms with Crippen molar-refractivity contribution in [1.29, 1.82) is 0 Å². The molecular formula is C15H29ClN2O2. The Morgan fingerprint density at radius 1 is 1.20 bits per heavy atom. The summed E-state index contributed by atoms with van der Waals surface area (Å²) in [6, 6.07) is 0.426. The Hall–Kier alpha value is -0.320. The predicted molar refractivity (Wildman–Crippen MR) is 83.4 cm³/mol. The maximum absolute atomic E-state index is 12.2. The molecule has 5 heteroatoms. The minimum absolute atomic E-state index is 0. The quantitative estimate of drug-likeness (QED) is 0.867. The summed E-state index contributed by atoms with van der Waals surface area (Å²) in [6.45, 7) is 3.01. The molecule has 2 unspecified atom stereocenters. The molecule has 2 fully saturated rings. The van der Waals surface area contributed by atoms with E-state index in [4.69, 9.17) is 4.74 Å². The van der Waals surface area contributed by atoms with Crippen LogP contribution in [0.3, 0.4) is 0 Å². The van der Waals surface area contributed by atoms with E-state index in [-0.39, 0.29) is 12.4 Å². The maximum atomic E-state index is 12.2. The van der Waals surface area contributed by atoms with Crippen molar-refractivity contribution < 1.29 is 9.53 Å². The van der Waals surface area contributed by atoms with E-state index >= 15 is 0 Å². The smallest absolute Gasteiger partial charge is 0.222 e. The maximum Gasteiger partial charge on any atom is 0.222 e. The summed E-state index contributed by atoms with van der Waals surface area (Å²) in [4.78, 5) is 14.2. The molecule has 0 aromatic carbocycles. The first-order valence-electron chi connectivity index (χ1n) is 7.85. The van der Waals surface area contributed by atoms with E-state index in [9.17, 15) is 4.79 Å². The van der Waals surface area contributed by atoms with Crippen LogP contribution in [0.2, 0.25) is 0 Å². The van der Waals surface area contributed by atoms with Crippen LogP contribution in [0.4, 0.5) is 0 Å². The Bertz CT molecular complexity index is 275. The van der Waals surface area contributed by atoms with E-state index in [1.165, 1.54) is 19.3 Å². The number of rotatable bonds is 4. The second-order valence-corrected chi connectivity index (χ2v) is 5.87. The van der Waals surface area contributed by atoms with E-state index in [0.29, 0.717) is 24.5 Å². The monoisotopic (exact) mass is 304 g/mol. The van der Waals surface area contributed by atoms with E-state index < -0.39 is 0 Å². The molecule has 0 radical (unpaired) electrons. The van der Waals surface area contributed by atoms with Crippen molar-refractivity contribution >= 4 is 18.3 Å². The molecule has 2 aliphatic rings. The SMILES string of the molecule is CN(C(=O)CCC1CCCCO1)C1CCCNCC1.Cl. The second-order valence-electron chi connectivity index (χ2n) is 5.87. The van der Waals surface area contributed by atoms with Crippen molar-refractivity contribution in [3.63, 3.8) is 0 Å². The van der Waals surface area contributed by atoms with Crippen molar-refractivity contribution in [2.45, 2.75) is 63.5 Å². The summed E-state index contributed by atoms with van der Waals surface area (Å²) in [5.74, 6) is 0.293. The number of amides is 1. The summed E-state index contributed by atoms with van der Waals surface area (Å²) < 4.78 is 5.69. The molecule has 0 aliphatic carbocycles. The van der Waals surface area contributed by atoms with Gasteiger partial charge in [-0.1, -0.05) is 0 Å². The highest BCUT2D eigenvalue weighted by Gasteiger charge is 2.22. The molecule has 0 bridgehead atoms. The number of halogens is 1. The van der Waals surface area contributed by atoms with Gasteiger partial charge in [0.05, 0.1) is 6.10 Å². The van der Waals surface area contributed by atoms with Crippen LogP contribution in [-0.4, -0.2) is 49.7 Å². The highest BCUT2D eigenvalue weighted by molar-refractivity contribution is 5.85. The second kappa shape index (κ2) is 9.59. The summed E-state index contributed by atoms with van der Waals surface area (Å²) >= 11 is 0. The fraction of sp³-hybridized carbons (Fsp3) is 0.933. The Balaban J connectivity index is 0.00000200. The molecule has 0 aromatic rings. The van der Waals surface area contributed by atoms with Crippen LogP contribution in [0.5, 0.6) is 0 Å². The molecule has 2 aliphatic heterocycles. The van der Waals surface area contributed by atoms with Gasteiger partial charge in [-0.25, -0.2) is 0 Å². The summed E-state index contributed by atoms with van der Waals surface area (Å²) in [6.07, 6.45) is 8.82. The number of hydrogen-bond acceptors (Lipinski definition) is 3. The molecule has 2 atom stereocenters. The molecular weight excluding hydrogens is 276 g/mol. The van der Waals surface area contributed by atoms with Crippen molar-refractivity contribution in [1.82, 2.24) is 10.2 Å². The number of hydrogen-bond donors (Lipinski definition) is 1. The molecule has 2 rings (SSSR count).